The second-order valence-corrected chi connectivity index (χ2v) is 3.81. The van der Waals surface area contributed by atoms with Crippen LogP contribution in [0.1, 0.15) is 12.0 Å². The molecule has 1 aliphatic rings. The molecule has 0 saturated carbocycles. The van der Waals surface area contributed by atoms with Gasteiger partial charge in [0.05, 0.1) is 13.3 Å². The van der Waals surface area contributed by atoms with Crippen LogP contribution in [-0.2, 0) is 0 Å². The van der Waals surface area contributed by atoms with Crippen molar-refractivity contribution in [3.8, 4) is 11.5 Å². The van der Waals surface area contributed by atoms with E-state index in [1.807, 2.05) is 0 Å². The lowest BCUT2D eigenvalue weighted by molar-refractivity contribution is 0.373. The van der Waals surface area contributed by atoms with Gasteiger partial charge < -0.3 is 15.2 Å². The second kappa shape index (κ2) is 5.90. The van der Waals surface area contributed by atoms with Crippen molar-refractivity contribution in [2.24, 2.45) is 10.1 Å². The maximum atomic E-state index is 9.45. The van der Waals surface area contributed by atoms with Gasteiger partial charge in [-0.2, -0.15) is 5.10 Å². The van der Waals surface area contributed by atoms with Crippen LogP contribution < -0.4 is 15.5 Å². The number of benzene rings is 1. The number of hydrazone groups is 1. The highest BCUT2D eigenvalue weighted by molar-refractivity contribution is 5.84. The van der Waals surface area contributed by atoms with Gasteiger partial charge in [0.2, 0.25) is 5.96 Å². The molecule has 0 aliphatic carbocycles. The molecule has 6 heteroatoms. The number of phenols is 1. The summed E-state index contributed by atoms with van der Waals surface area (Å²) in [5.74, 6) is 1.22. The zero-order valence-electron chi connectivity index (χ0n) is 10.2. The van der Waals surface area contributed by atoms with Crippen molar-refractivity contribution in [2.75, 3.05) is 20.2 Å². The third-order valence-electron chi connectivity index (χ3n) is 2.49. The fraction of sp³-hybridized carbons (Fsp3) is 0.333. The number of rotatable bonds is 3. The SMILES string of the molecule is COc1cc(/C=N\NC2=NCCCN2)ccc1O. The number of aromatic hydroxyl groups is 1. The Bertz CT molecular complexity index is 471. The van der Waals surface area contributed by atoms with E-state index in [-0.39, 0.29) is 5.75 Å². The Morgan fingerprint density at radius 3 is 3.17 bits per heavy atom. The van der Waals surface area contributed by atoms with E-state index in [0.29, 0.717) is 11.7 Å². The summed E-state index contributed by atoms with van der Waals surface area (Å²) in [5, 5.41) is 16.6. The summed E-state index contributed by atoms with van der Waals surface area (Å²) in [6.45, 7) is 1.73. The Kier molecular flexibility index (Phi) is 4.01. The van der Waals surface area contributed by atoms with Crippen LogP contribution in [0.25, 0.3) is 0 Å². The maximum absolute atomic E-state index is 9.45. The molecular weight excluding hydrogens is 232 g/mol. The van der Waals surface area contributed by atoms with Crippen LogP contribution in [0.2, 0.25) is 0 Å². The predicted molar refractivity (Wildman–Crippen MR) is 70.3 cm³/mol. The van der Waals surface area contributed by atoms with Gasteiger partial charge >= 0.3 is 0 Å². The highest BCUT2D eigenvalue weighted by Gasteiger charge is 2.02. The molecule has 0 fully saturated rings. The third-order valence-corrected chi connectivity index (χ3v) is 2.49. The molecule has 0 aromatic heterocycles. The van der Waals surface area contributed by atoms with Crippen LogP contribution in [0.15, 0.2) is 28.3 Å². The van der Waals surface area contributed by atoms with Gasteiger partial charge in [-0.15, -0.1) is 0 Å². The Balaban J connectivity index is 1.98. The van der Waals surface area contributed by atoms with Gasteiger partial charge in [-0.1, -0.05) is 0 Å². The van der Waals surface area contributed by atoms with Gasteiger partial charge in [0, 0.05) is 13.1 Å². The van der Waals surface area contributed by atoms with E-state index >= 15 is 0 Å². The zero-order valence-corrected chi connectivity index (χ0v) is 10.2. The molecule has 6 nitrogen and oxygen atoms in total. The van der Waals surface area contributed by atoms with Crippen LogP contribution >= 0.6 is 0 Å². The maximum Gasteiger partial charge on any atom is 0.212 e. The van der Waals surface area contributed by atoms with Gasteiger partial charge in [0.15, 0.2) is 11.5 Å². The summed E-state index contributed by atoms with van der Waals surface area (Å²) in [6, 6.07) is 5.02. The number of hydrogen-bond acceptors (Lipinski definition) is 6. The van der Waals surface area contributed by atoms with Gasteiger partial charge in [-0.3, -0.25) is 4.99 Å². The fourth-order valence-corrected chi connectivity index (χ4v) is 1.55. The summed E-state index contributed by atoms with van der Waals surface area (Å²) in [5.41, 5.74) is 3.65. The van der Waals surface area contributed by atoms with Crippen molar-refractivity contribution in [1.82, 2.24) is 10.7 Å². The summed E-state index contributed by atoms with van der Waals surface area (Å²) in [6.07, 6.45) is 2.69. The molecule has 0 amide bonds. The topological polar surface area (TPSA) is 78.2 Å². The second-order valence-electron chi connectivity index (χ2n) is 3.81. The third kappa shape index (κ3) is 3.13. The summed E-state index contributed by atoms with van der Waals surface area (Å²) in [7, 11) is 1.51. The predicted octanol–water partition coefficient (Wildman–Crippen LogP) is 0.674. The summed E-state index contributed by atoms with van der Waals surface area (Å²) >= 11 is 0. The summed E-state index contributed by atoms with van der Waals surface area (Å²) < 4.78 is 5.01. The van der Waals surface area contributed by atoms with Crippen molar-refractivity contribution in [2.45, 2.75) is 6.42 Å². The number of nitrogens with one attached hydrogen (secondary N) is 2. The van der Waals surface area contributed by atoms with Crippen LogP contribution in [0.4, 0.5) is 0 Å². The van der Waals surface area contributed by atoms with Crippen molar-refractivity contribution in [3.05, 3.63) is 23.8 Å². The number of guanidine groups is 1. The molecule has 1 aliphatic heterocycles. The van der Waals surface area contributed by atoms with Crippen LogP contribution in [0.3, 0.4) is 0 Å². The van der Waals surface area contributed by atoms with E-state index < -0.39 is 0 Å². The van der Waals surface area contributed by atoms with Crippen LogP contribution in [-0.4, -0.2) is 37.5 Å². The monoisotopic (exact) mass is 248 g/mol. The van der Waals surface area contributed by atoms with Crippen LogP contribution in [0.5, 0.6) is 11.5 Å². The highest BCUT2D eigenvalue weighted by Crippen LogP contribution is 2.25. The molecule has 18 heavy (non-hydrogen) atoms. The molecule has 0 bridgehead atoms. The number of methoxy groups -OCH3 is 1. The van der Waals surface area contributed by atoms with E-state index in [2.05, 4.69) is 20.8 Å². The molecule has 0 saturated heterocycles. The zero-order chi connectivity index (χ0) is 12.8. The Morgan fingerprint density at radius 2 is 2.44 bits per heavy atom. The Labute approximate surface area is 105 Å². The average molecular weight is 248 g/mol. The van der Waals surface area contributed by atoms with Gasteiger partial charge in [-0.25, -0.2) is 5.43 Å². The standard InChI is InChI=1S/C12H16N4O2/c1-18-11-7-9(3-4-10(11)17)8-15-16-12-13-5-2-6-14-12/h3-4,7-8,17H,2,5-6H2,1H3,(H2,13,14,16)/b15-8-. The quantitative estimate of drug-likeness (QED) is 0.543. The molecule has 0 atom stereocenters. The van der Waals surface area contributed by atoms with Gasteiger partial charge in [0.1, 0.15) is 0 Å². The molecule has 1 aromatic carbocycles. The first-order chi connectivity index (χ1) is 8.79. The first kappa shape index (κ1) is 12.2. The van der Waals surface area contributed by atoms with E-state index in [1.54, 1.807) is 24.4 Å². The lowest BCUT2D eigenvalue weighted by Crippen LogP contribution is -2.38. The smallest absolute Gasteiger partial charge is 0.212 e. The lowest BCUT2D eigenvalue weighted by atomic mass is 10.2. The van der Waals surface area contributed by atoms with E-state index in [4.69, 9.17) is 4.74 Å². The molecule has 0 spiro atoms. The largest absolute Gasteiger partial charge is 0.504 e. The molecule has 1 heterocycles. The number of ether oxygens (including phenoxy) is 1. The van der Waals surface area contributed by atoms with Crippen molar-refractivity contribution in [3.63, 3.8) is 0 Å². The minimum Gasteiger partial charge on any atom is -0.504 e. The first-order valence-corrected chi connectivity index (χ1v) is 5.74. The lowest BCUT2D eigenvalue weighted by Gasteiger charge is -2.12. The summed E-state index contributed by atoms with van der Waals surface area (Å²) in [4.78, 5) is 4.22. The molecule has 3 N–H and O–H groups in total. The number of aliphatic imine (C=N–C) groups is 1. The van der Waals surface area contributed by atoms with E-state index in [1.165, 1.54) is 7.11 Å². The first-order valence-electron chi connectivity index (χ1n) is 5.74. The van der Waals surface area contributed by atoms with Crippen molar-refractivity contribution < 1.29 is 9.84 Å². The Hall–Kier alpha value is -2.24. The van der Waals surface area contributed by atoms with Crippen molar-refractivity contribution >= 4 is 12.2 Å². The molecule has 96 valence electrons. The van der Waals surface area contributed by atoms with Crippen LogP contribution in [0, 0.1) is 0 Å². The molecule has 0 radical (unpaired) electrons. The molecular formula is C12H16N4O2. The average Bonchev–Trinajstić information content (AvgIpc) is 2.42. The normalized spacial score (nSPS) is 15.1. The number of nitrogens with zero attached hydrogens (tertiary/aromatic N) is 2. The minimum atomic E-state index is 0.112. The van der Waals surface area contributed by atoms with E-state index in [9.17, 15) is 5.11 Å². The number of hydrogen-bond donors (Lipinski definition) is 3. The fourth-order valence-electron chi connectivity index (χ4n) is 1.55. The number of phenolic OH excluding ortho intramolecular Hbond substituents is 1. The van der Waals surface area contributed by atoms with Gasteiger partial charge in [0.25, 0.3) is 0 Å². The van der Waals surface area contributed by atoms with Crippen molar-refractivity contribution in [1.29, 1.82) is 0 Å². The molecule has 0 unspecified atom stereocenters. The van der Waals surface area contributed by atoms with E-state index in [0.717, 1.165) is 25.1 Å². The highest BCUT2D eigenvalue weighted by atomic mass is 16.5. The Morgan fingerprint density at radius 1 is 1.56 bits per heavy atom. The minimum absolute atomic E-state index is 0.112. The molecule has 1 aromatic rings. The molecule has 2 rings (SSSR count). The van der Waals surface area contributed by atoms with Gasteiger partial charge in [-0.05, 0) is 30.2 Å².